The number of aliphatic hydroxyl groups is 1. The van der Waals surface area contributed by atoms with Crippen molar-refractivity contribution in [3.63, 3.8) is 0 Å². The standard InChI is InChI=1S/C35H45N3O9Si/c1-22-32(48(3,4)44)29(19-30(40)38-20-24-10-6-5-9-23(24)17-26(38)21-39)47-35(22)27-18-25(36-15-16-46-34(36)43)12-13-28(27)37(33(35)42)14-8-7-11-31(41)45-2/h5-6,9-10,12-13,18,22,26,29,32,39,44H,7-8,11,14-17,19-21H2,1-4H3/t22-,26-,29+,32-,35+/m0/s1. The van der Waals surface area contributed by atoms with Gasteiger partial charge in [-0.3, -0.25) is 19.3 Å². The van der Waals surface area contributed by atoms with Gasteiger partial charge in [0.1, 0.15) is 6.61 Å². The van der Waals surface area contributed by atoms with Gasteiger partial charge < -0.3 is 33.9 Å². The highest BCUT2D eigenvalue weighted by molar-refractivity contribution is 6.71. The largest absolute Gasteiger partial charge is 0.469 e. The van der Waals surface area contributed by atoms with Crippen molar-refractivity contribution in [3.8, 4) is 0 Å². The summed E-state index contributed by atoms with van der Waals surface area (Å²) in [6.45, 7) is 6.65. The maximum atomic E-state index is 14.7. The van der Waals surface area contributed by atoms with Gasteiger partial charge in [0.05, 0.1) is 44.5 Å². The second-order valence-corrected chi connectivity index (χ2v) is 17.8. The number of cyclic esters (lactones) is 1. The molecule has 4 aliphatic rings. The molecule has 3 amide bonds. The van der Waals surface area contributed by atoms with Crippen molar-refractivity contribution in [3.05, 3.63) is 59.2 Å². The molecule has 2 aromatic rings. The van der Waals surface area contributed by atoms with Crippen molar-refractivity contribution >= 4 is 43.6 Å². The van der Waals surface area contributed by atoms with Gasteiger partial charge in [-0.05, 0) is 61.7 Å². The Morgan fingerprint density at radius 3 is 2.52 bits per heavy atom. The van der Waals surface area contributed by atoms with E-state index in [0.29, 0.717) is 55.8 Å². The van der Waals surface area contributed by atoms with Crippen LogP contribution in [-0.2, 0) is 47.2 Å². The summed E-state index contributed by atoms with van der Waals surface area (Å²) in [5, 5.41) is 10.3. The molecular weight excluding hydrogens is 634 g/mol. The van der Waals surface area contributed by atoms with E-state index in [1.165, 1.54) is 12.0 Å². The average molecular weight is 680 g/mol. The van der Waals surface area contributed by atoms with Crippen LogP contribution in [0.15, 0.2) is 42.5 Å². The Labute approximate surface area is 281 Å². The Bertz CT molecular complexity index is 1600. The minimum atomic E-state index is -3.07. The van der Waals surface area contributed by atoms with E-state index in [0.717, 1.165) is 11.1 Å². The number of hydrogen-bond acceptors (Lipinski definition) is 9. The number of esters is 1. The van der Waals surface area contributed by atoms with Crippen LogP contribution in [0.25, 0.3) is 0 Å². The predicted molar refractivity (Wildman–Crippen MR) is 179 cm³/mol. The molecule has 2 aromatic carbocycles. The summed E-state index contributed by atoms with van der Waals surface area (Å²) < 4.78 is 16.9. The number of fused-ring (bicyclic) bond motifs is 3. The minimum Gasteiger partial charge on any atom is -0.469 e. The number of ether oxygens (including phenoxy) is 3. The number of anilines is 2. The lowest BCUT2D eigenvalue weighted by Gasteiger charge is -2.37. The van der Waals surface area contributed by atoms with E-state index >= 15 is 0 Å². The number of carbonyl (C=O) groups excluding carboxylic acids is 4. The predicted octanol–water partition coefficient (Wildman–Crippen LogP) is 3.47. The number of amides is 3. The van der Waals surface area contributed by atoms with Gasteiger partial charge in [0.2, 0.25) is 5.91 Å². The number of unbranched alkanes of at least 4 members (excludes halogenated alkanes) is 1. The van der Waals surface area contributed by atoms with E-state index in [1.807, 2.05) is 50.3 Å². The number of rotatable bonds is 10. The molecule has 2 saturated heterocycles. The first-order valence-electron chi connectivity index (χ1n) is 16.8. The maximum Gasteiger partial charge on any atom is 0.414 e. The summed E-state index contributed by atoms with van der Waals surface area (Å²) >= 11 is 0. The Balaban J connectivity index is 1.35. The molecule has 13 heteroatoms. The van der Waals surface area contributed by atoms with E-state index in [1.54, 1.807) is 21.9 Å². The first-order valence-corrected chi connectivity index (χ1v) is 19.8. The molecule has 12 nitrogen and oxygen atoms in total. The number of carbonyl (C=O) groups is 4. The van der Waals surface area contributed by atoms with Crippen LogP contribution in [0.5, 0.6) is 0 Å². The van der Waals surface area contributed by atoms with E-state index in [4.69, 9.17) is 14.2 Å². The molecule has 2 N–H and O–H groups in total. The SMILES string of the molecule is COC(=O)CCCCN1C(=O)[C@]2(O[C@H](CC(=O)N3Cc4ccccc4C[C@H]3CO)[C@@H]([Si](C)(C)O)[C@@H]2C)c2cc(N3CCOC3=O)ccc21. The van der Waals surface area contributed by atoms with Crippen LogP contribution in [0.2, 0.25) is 18.6 Å². The second-order valence-electron chi connectivity index (χ2n) is 13.9. The molecule has 5 atom stereocenters. The number of hydrogen-bond donors (Lipinski definition) is 2. The topological polar surface area (TPSA) is 146 Å². The summed E-state index contributed by atoms with van der Waals surface area (Å²) in [6.07, 6.45) is 0.515. The van der Waals surface area contributed by atoms with Crippen LogP contribution in [0.3, 0.4) is 0 Å². The molecule has 0 unspecified atom stereocenters. The number of methoxy groups -OCH3 is 1. The van der Waals surface area contributed by atoms with Gasteiger partial charge in [-0.1, -0.05) is 31.2 Å². The van der Waals surface area contributed by atoms with E-state index < -0.39 is 43.6 Å². The maximum absolute atomic E-state index is 14.7. The van der Waals surface area contributed by atoms with Crippen LogP contribution < -0.4 is 9.80 Å². The Morgan fingerprint density at radius 2 is 1.85 bits per heavy atom. The fourth-order valence-electron chi connectivity index (χ4n) is 8.26. The molecule has 2 fully saturated rings. The molecule has 0 radical (unpaired) electrons. The lowest BCUT2D eigenvalue weighted by molar-refractivity contribution is -0.151. The van der Waals surface area contributed by atoms with Gasteiger partial charge in [-0.25, -0.2) is 4.79 Å². The molecule has 0 aliphatic carbocycles. The zero-order chi connectivity index (χ0) is 34.4. The van der Waals surface area contributed by atoms with Crippen molar-refractivity contribution in [2.24, 2.45) is 5.92 Å². The number of aliphatic hydroxyl groups excluding tert-OH is 1. The third-order valence-electron chi connectivity index (χ3n) is 10.5. The fourth-order valence-corrected chi connectivity index (χ4v) is 10.8. The molecular formula is C35H45N3O9Si. The smallest absolute Gasteiger partial charge is 0.414 e. The van der Waals surface area contributed by atoms with Gasteiger partial charge in [-0.15, -0.1) is 0 Å². The average Bonchev–Trinajstić information content (AvgIpc) is 3.70. The summed E-state index contributed by atoms with van der Waals surface area (Å²) in [4.78, 5) is 69.7. The van der Waals surface area contributed by atoms with E-state index in [2.05, 4.69) is 0 Å². The molecule has 0 bridgehead atoms. The van der Waals surface area contributed by atoms with Crippen LogP contribution in [0.1, 0.15) is 49.3 Å². The summed E-state index contributed by atoms with van der Waals surface area (Å²) in [5.74, 6) is -1.33. The molecule has 0 aromatic heterocycles. The normalized spacial score (nSPS) is 26.6. The molecule has 4 aliphatic heterocycles. The van der Waals surface area contributed by atoms with E-state index in [9.17, 15) is 29.1 Å². The molecule has 4 heterocycles. The van der Waals surface area contributed by atoms with Crippen LogP contribution in [-0.4, -0.2) is 92.6 Å². The van der Waals surface area contributed by atoms with Gasteiger partial charge in [-0.2, -0.15) is 0 Å². The lowest BCUT2D eigenvalue weighted by atomic mass is 9.82. The Kier molecular flexibility index (Phi) is 9.42. The van der Waals surface area contributed by atoms with Crippen molar-refractivity contribution in [2.75, 3.05) is 43.2 Å². The van der Waals surface area contributed by atoms with Crippen molar-refractivity contribution < 1.29 is 43.3 Å². The zero-order valence-electron chi connectivity index (χ0n) is 28.0. The minimum absolute atomic E-state index is 0.0632. The highest BCUT2D eigenvalue weighted by Crippen LogP contribution is 2.60. The first-order chi connectivity index (χ1) is 22.9. The van der Waals surface area contributed by atoms with Gasteiger partial charge in [0.15, 0.2) is 13.9 Å². The van der Waals surface area contributed by atoms with E-state index in [-0.39, 0.29) is 43.8 Å². The zero-order valence-corrected chi connectivity index (χ0v) is 29.0. The highest BCUT2D eigenvalue weighted by Gasteiger charge is 2.66. The first kappa shape index (κ1) is 34.1. The number of benzene rings is 2. The third kappa shape index (κ3) is 5.90. The molecule has 0 saturated carbocycles. The van der Waals surface area contributed by atoms with Crippen molar-refractivity contribution in [1.82, 2.24) is 4.90 Å². The van der Waals surface area contributed by atoms with Gasteiger partial charge >= 0.3 is 12.1 Å². The molecule has 258 valence electrons. The van der Waals surface area contributed by atoms with Crippen molar-refractivity contribution in [1.29, 1.82) is 0 Å². The fraction of sp³-hybridized carbons (Fsp3) is 0.543. The summed E-state index contributed by atoms with van der Waals surface area (Å²) in [6, 6.07) is 12.9. The lowest BCUT2D eigenvalue weighted by Crippen LogP contribution is -2.48. The Morgan fingerprint density at radius 1 is 1.10 bits per heavy atom. The summed E-state index contributed by atoms with van der Waals surface area (Å²) in [7, 11) is -1.72. The van der Waals surface area contributed by atoms with Crippen molar-refractivity contribution in [2.45, 2.75) is 82.0 Å². The molecule has 1 spiro atoms. The number of nitrogens with zero attached hydrogens (tertiary/aromatic N) is 3. The van der Waals surface area contributed by atoms with Crippen LogP contribution in [0, 0.1) is 5.92 Å². The second kappa shape index (κ2) is 13.3. The van der Waals surface area contributed by atoms with Gasteiger partial charge in [0.25, 0.3) is 5.91 Å². The monoisotopic (exact) mass is 679 g/mol. The van der Waals surface area contributed by atoms with Crippen LogP contribution in [0.4, 0.5) is 16.2 Å². The molecule has 6 rings (SSSR count). The molecule has 48 heavy (non-hydrogen) atoms. The van der Waals surface area contributed by atoms with Crippen LogP contribution >= 0.6 is 0 Å². The van der Waals surface area contributed by atoms with Gasteiger partial charge in [0, 0.05) is 42.2 Å². The third-order valence-corrected chi connectivity index (χ3v) is 13.0. The Hall–Kier alpha value is -3.78. The highest BCUT2D eigenvalue weighted by atomic mass is 28.4. The quantitative estimate of drug-likeness (QED) is 0.219. The summed E-state index contributed by atoms with van der Waals surface area (Å²) in [5.41, 5.74) is 1.93.